The van der Waals surface area contributed by atoms with Gasteiger partial charge in [0, 0.05) is 10.6 Å². The Labute approximate surface area is 91.4 Å². The molecule has 14 heavy (non-hydrogen) atoms. The molecule has 0 spiro atoms. The quantitative estimate of drug-likeness (QED) is 0.522. The lowest BCUT2D eigenvalue weighted by Crippen LogP contribution is -1.98. The summed E-state index contributed by atoms with van der Waals surface area (Å²) in [5, 5.41) is 0. The molecule has 0 fully saturated rings. The van der Waals surface area contributed by atoms with E-state index in [-0.39, 0.29) is 0 Å². The van der Waals surface area contributed by atoms with E-state index in [0.29, 0.717) is 5.41 Å². The first kappa shape index (κ1) is 11.4. The number of benzene rings is 1. The molecule has 1 rings (SSSR count). The fourth-order valence-electron chi connectivity index (χ4n) is 1.06. The number of rotatable bonds is 3. The van der Waals surface area contributed by atoms with Gasteiger partial charge in [-0.3, -0.25) is 0 Å². The second-order valence-electron chi connectivity index (χ2n) is 4.39. The zero-order valence-electron chi connectivity index (χ0n) is 9.16. The highest BCUT2D eigenvalue weighted by Gasteiger charge is 2.02. The Kier molecular flexibility index (Phi) is 4.27. The maximum absolute atomic E-state index is 2.27. The standard InChI is InChI=1S/C13H18S/c1-13(2,3)10-7-11-14-12-8-5-4-6-9-12/h4-10H,11H2,1-3H3/b10-7+. The van der Waals surface area contributed by atoms with Crippen molar-refractivity contribution in [3.63, 3.8) is 0 Å². The van der Waals surface area contributed by atoms with Crippen LogP contribution in [0.5, 0.6) is 0 Å². The van der Waals surface area contributed by atoms with Gasteiger partial charge in [-0.1, -0.05) is 51.1 Å². The minimum atomic E-state index is 0.303. The van der Waals surface area contributed by atoms with Crippen molar-refractivity contribution in [1.29, 1.82) is 0 Å². The lowest BCUT2D eigenvalue weighted by atomic mass is 9.97. The normalized spacial score (nSPS) is 12.2. The molecule has 0 nitrogen and oxygen atoms in total. The highest BCUT2D eigenvalue weighted by Crippen LogP contribution is 2.19. The third-order valence-corrected chi connectivity index (χ3v) is 2.67. The van der Waals surface area contributed by atoms with Gasteiger partial charge < -0.3 is 0 Å². The van der Waals surface area contributed by atoms with E-state index in [1.807, 2.05) is 11.8 Å². The van der Waals surface area contributed by atoms with E-state index in [1.54, 1.807) is 0 Å². The Bertz CT molecular complexity index is 280. The SMILES string of the molecule is CC(C)(C)/C=C/CSc1ccccc1. The average Bonchev–Trinajstić information content (AvgIpc) is 2.13. The largest absolute Gasteiger partial charge is 0.122 e. The van der Waals surface area contributed by atoms with Crippen LogP contribution in [-0.4, -0.2) is 5.75 Å². The van der Waals surface area contributed by atoms with Crippen LogP contribution in [0, 0.1) is 5.41 Å². The summed E-state index contributed by atoms with van der Waals surface area (Å²) in [6, 6.07) is 10.5. The third-order valence-electron chi connectivity index (χ3n) is 1.71. The molecule has 0 bridgehead atoms. The average molecular weight is 206 g/mol. The van der Waals surface area contributed by atoms with Crippen molar-refractivity contribution in [3.8, 4) is 0 Å². The van der Waals surface area contributed by atoms with Crippen molar-refractivity contribution in [2.45, 2.75) is 25.7 Å². The predicted octanol–water partition coefficient (Wildman–Crippen LogP) is 4.38. The van der Waals surface area contributed by atoms with Gasteiger partial charge in [0.25, 0.3) is 0 Å². The smallest absolute Gasteiger partial charge is 0.0161 e. The highest BCUT2D eigenvalue weighted by molar-refractivity contribution is 7.99. The molecule has 1 aromatic rings. The molecule has 0 aromatic heterocycles. The van der Waals surface area contributed by atoms with Gasteiger partial charge in [0.15, 0.2) is 0 Å². The van der Waals surface area contributed by atoms with E-state index in [4.69, 9.17) is 0 Å². The first-order valence-electron chi connectivity index (χ1n) is 4.93. The van der Waals surface area contributed by atoms with Crippen LogP contribution in [0.1, 0.15) is 20.8 Å². The van der Waals surface area contributed by atoms with Crippen LogP contribution in [0.15, 0.2) is 47.4 Å². The van der Waals surface area contributed by atoms with Gasteiger partial charge in [-0.15, -0.1) is 11.8 Å². The molecule has 0 atom stereocenters. The Balaban J connectivity index is 2.33. The number of thioether (sulfide) groups is 1. The maximum atomic E-state index is 2.27. The lowest BCUT2D eigenvalue weighted by Gasteiger charge is -2.10. The molecule has 0 radical (unpaired) electrons. The van der Waals surface area contributed by atoms with Gasteiger partial charge in [0.05, 0.1) is 0 Å². The number of hydrogen-bond donors (Lipinski definition) is 0. The van der Waals surface area contributed by atoms with Crippen molar-refractivity contribution in [2.24, 2.45) is 5.41 Å². The van der Waals surface area contributed by atoms with E-state index < -0.39 is 0 Å². The molecule has 76 valence electrons. The first-order valence-corrected chi connectivity index (χ1v) is 5.92. The fraction of sp³-hybridized carbons (Fsp3) is 0.385. The van der Waals surface area contributed by atoms with Gasteiger partial charge in [0.1, 0.15) is 0 Å². The molecule has 0 heterocycles. The van der Waals surface area contributed by atoms with Gasteiger partial charge in [-0.2, -0.15) is 0 Å². The van der Waals surface area contributed by atoms with Crippen molar-refractivity contribution in [3.05, 3.63) is 42.5 Å². The number of hydrogen-bond acceptors (Lipinski definition) is 1. The summed E-state index contributed by atoms with van der Waals surface area (Å²) in [5.41, 5.74) is 0.303. The molecule has 0 N–H and O–H groups in total. The zero-order valence-corrected chi connectivity index (χ0v) is 9.97. The van der Waals surface area contributed by atoms with Crippen LogP contribution in [0.4, 0.5) is 0 Å². The molecule has 0 unspecified atom stereocenters. The summed E-state index contributed by atoms with van der Waals surface area (Å²) in [7, 11) is 0. The minimum absolute atomic E-state index is 0.303. The third kappa shape index (κ3) is 5.13. The topological polar surface area (TPSA) is 0 Å². The Morgan fingerprint density at radius 2 is 1.79 bits per heavy atom. The summed E-state index contributed by atoms with van der Waals surface area (Å²) < 4.78 is 0. The minimum Gasteiger partial charge on any atom is -0.122 e. The monoisotopic (exact) mass is 206 g/mol. The van der Waals surface area contributed by atoms with Crippen LogP contribution in [0.25, 0.3) is 0 Å². The van der Waals surface area contributed by atoms with E-state index in [9.17, 15) is 0 Å². The summed E-state index contributed by atoms with van der Waals surface area (Å²) in [4.78, 5) is 1.34. The summed E-state index contributed by atoms with van der Waals surface area (Å²) in [6.45, 7) is 6.66. The highest BCUT2D eigenvalue weighted by atomic mass is 32.2. The van der Waals surface area contributed by atoms with Crippen LogP contribution in [-0.2, 0) is 0 Å². The van der Waals surface area contributed by atoms with Crippen molar-refractivity contribution in [2.75, 3.05) is 5.75 Å². The Hall–Kier alpha value is -0.690. The first-order chi connectivity index (χ1) is 6.58. The Morgan fingerprint density at radius 3 is 2.36 bits per heavy atom. The predicted molar refractivity (Wildman–Crippen MR) is 65.8 cm³/mol. The van der Waals surface area contributed by atoms with Gasteiger partial charge >= 0.3 is 0 Å². The second kappa shape index (κ2) is 5.26. The fourth-order valence-corrected chi connectivity index (χ4v) is 1.80. The Morgan fingerprint density at radius 1 is 1.14 bits per heavy atom. The molecule has 0 aliphatic carbocycles. The molecule has 0 amide bonds. The molecule has 1 heteroatoms. The second-order valence-corrected chi connectivity index (χ2v) is 5.49. The van der Waals surface area contributed by atoms with Crippen molar-refractivity contribution >= 4 is 11.8 Å². The van der Waals surface area contributed by atoms with Crippen molar-refractivity contribution < 1.29 is 0 Å². The van der Waals surface area contributed by atoms with E-state index in [0.717, 1.165) is 5.75 Å². The summed E-state index contributed by atoms with van der Waals surface area (Å²) in [5.74, 6) is 1.06. The maximum Gasteiger partial charge on any atom is 0.0161 e. The van der Waals surface area contributed by atoms with E-state index in [2.05, 4.69) is 63.3 Å². The molecule has 0 aliphatic heterocycles. The molecule has 0 saturated heterocycles. The van der Waals surface area contributed by atoms with Crippen LogP contribution in [0.2, 0.25) is 0 Å². The van der Waals surface area contributed by atoms with Gasteiger partial charge in [-0.05, 0) is 17.5 Å². The van der Waals surface area contributed by atoms with Crippen LogP contribution < -0.4 is 0 Å². The molecule has 0 aliphatic rings. The molecular formula is C13H18S. The summed E-state index contributed by atoms with van der Waals surface area (Å²) in [6.07, 6.45) is 4.51. The van der Waals surface area contributed by atoms with Gasteiger partial charge in [-0.25, -0.2) is 0 Å². The number of allylic oxidation sites excluding steroid dienone is 1. The van der Waals surface area contributed by atoms with E-state index >= 15 is 0 Å². The van der Waals surface area contributed by atoms with Crippen molar-refractivity contribution in [1.82, 2.24) is 0 Å². The lowest BCUT2D eigenvalue weighted by molar-refractivity contribution is 0.543. The summed E-state index contributed by atoms with van der Waals surface area (Å²) >= 11 is 1.87. The molecule has 1 aromatic carbocycles. The van der Waals surface area contributed by atoms with Crippen LogP contribution in [0.3, 0.4) is 0 Å². The van der Waals surface area contributed by atoms with Gasteiger partial charge in [0.2, 0.25) is 0 Å². The zero-order chi connectivity index (χ0) is 10.4. The van der Waals surface area contributed by atoms with E-state index in [1.165, 1.54) is 4.90 Å². The molecule has 0 saturated carbocycles. The van der Waals surface area contributed by atoms with Crippen LogP contribution >= 0.6 is 11.8 Å². The molecular weight excluding hydrogens is 188 g/mol.